The average molecular weight is 431 g/mol. The Labute approximate surface area is 179 Å². The molecule has 0 spiro atoms. The minimum absolute atomic E-state index is 0.0340. The molecule has 7 heteroatoms. The Morgan fingerprint density at radius 3 is 2.43 bits per heavy atom. The first-order valence-corrected chi connectivity index (χ1v) is 12.1. The van der Waals surface area contributed by atoms with Crippen molar-refractivity contribution in [2.75, 3.05) is 11.9 Å². The standard InChI is InChI=1S/C23H30N2O4S/c1-2-29-22-11-7-6-10-21(22)24-23(26)17-14-18-12-15-20(16-13-18)30(27,28)25-19-8-4-3-5-9-19/h6-7,10-13,15-16,19,25H,2-5,8-9,14,17H2,1H3,(H,24,26). The quantitative estimate of drug-likeness (QED) is 0.622. The molecule has 30 heavy (non-hydrogen) atoms. The molecule has 0 atom stereocenters. The summed E-state index contributed by atoms with van der Waals surface area (Å²) in [5, 5.41) is 2.88. The molecule has 162 valence electrons. The Hall–Kier alpha value is -2.38. The van der Waals surface area contributed by atoms with Gasteiger partial charge in [-0.15, -0.1) is 0 Å². The summed E-state index contributed by atoms with van der Waals surface area (Å²) < 4.78 is 33.5. The molecule has 0 bridgehead atoms. The van der Waals surface area contributed by atoms with E-state index < -0.39 is 10.0 Å². The van der Waals surface area contributed by atoms with Gasteiger partial charge in [0.25, 0.3) is 0 Å². The van der Waals surface area contributed by atoms with E-state index >= 15 is 0 Å². The summed E-state index contributed by atoms with van der Waals surface area (Å²) in [6.45, 7) is 2.42. The van der Waals surface area contributed by atoms with E-state index in [1.165, 1.54) is 6.42 Å². The van der Waals surface area contributed by atoms with Gasteiger partial charge in [0.05, 0.1) is 17.2 Å². The van der Waals surface area contributed by atoms with Gasteiger partial charge in [-0.1, -0.05) is 43.5 Å². The Morgan fingerprint density at radius 2 is 1.73 bits per heavy atom. The summed E-state index contributed by atoms with van der Waals surface area (Å²) in [7, 11) is -3.50. The van der Waals surface area contributed by atoms with Crippen LogP contribution in [0.3, 0.4) is 0 Å². The molecular formula is C23H30N2O4S. The number of rotatable bonds is 9. The summed E-state index contributed by atoms with van der Waals surface area (Å²) in [4.78, 5) is 12.6. The third-order valence-corrected chi connectivity index (χ3v) is 6.80. The number of anilines is 1. The number of sulfonamides is 1. The minimum Gasteiger partial charge on any atom is -0.492 e. The molecule has 0 aromatic heterocycles. The van der Waals surface area contributed by atoms with Gasteiger partial charge in [-0.05, 0) is 56.0 Å². The summed E-state index contributed by atoms with van der Waals surface area (Å²) in [6.07, 6.45) is 5.95. The van der Waals surface area contributed by atoms with Crippen LogP contribution in [-0.4, -0.2) is 27.0 Å². The van der Waals surface area contributed by atoms with Crippen molar-refractivity contribution in [2.24, 2.45) is 0 Å². The van der Waals surface area contributed by atoms with Gasteiger partial charge >= 0.3 is 0 Å². The summed E-state index contributed by atoms with van der Waals surface area (Å²) in [5.41, 5.74) is 1.57. The lowest BCUT2D eigenvalue weighted by Crippen LogP contribution is -2.36. The van der Waals surface area contributed by atoms with E-state index in [1.807, 2.05) is 31.2 Å². The van der Waals surface area contributed by atoms with Crippen molar-refractivity contribution in [2.45, 2.75) is 62.8 Å². The predicted octanol–water partition coefficient (Wildman–Crippen LogP) is 4.27. The van der Waals surface area contributed by atoms with Gasteiger partial charge in [0.15, 0.2) is 0 Å². The van der Waals surface area contributed by atoms with E-state index in [1.54, 1.807) is 24.3 Å². The highest BCUT2D eigenvalue weighted by molar-refractivity contribution is 7.89. The fraction of sp³-hybridized carbons (Fsp3) is 0.435. The first-order valence-electron chi connectivity index (χ1n) is 10.6. The molecule has 0 radical (unpaired) electrons. The maximum Gasteiger partial charge on any atom is 0.240 e. The Balaban J connectivity index is 1.53. The molecule has 0 unspecified atom stereocenters. The number of aryl methyl sites for hydroxylation is 1. The van der Waals surface area contributed by atoms with Crippen LogP contribution < -0.4 is 14.8 Å². The van der Waals surface area contributed by atoms with Gasteiger partial charge in [0.1, 0.15) is 5.75 Å². The summed E-state index contributed by atoms with van der Waals surface area (Å²) >= 11 is 0. The molecule has 3 rings (SSSR count). The van der Waals surface area contributed by atoms with Crippen LogP contribution in [0.2, 0.25) is 0 Å². The van der Waals surface area contributed by atoms with E-state index in [9.17, 15) is 13.2 Å². The van der Waals surface area contributed by atoms with Crippen LogP contribution in [0.4, 0.5) is 5.69 Å². The monoisotopic (exact) mass is 430 g/mol. The zero-order chi connectivity index (χ0) is 21.4. The molecule has 1 amide bonds. The van der Waals surface area contributed by atoms with Crippen LogP contribution in [0.15, 0.2) is 53.4 Å². The second-order valence-corrected chi connectivity index (χ2v) is 9.29. The van der Waals surface area contributed by atoms with Gasteiger partial charge in [-0.25, -0.2) is 13.1 Å². The number of carbonyl (C=O) groups excluding carboxylic acids is 1. The van der Waals surface area contributed by atoms with E-state index in [2.05, 4.69) is 10.0 Å². The molecule has 1 saturated carbocycles. The molecule has 0 saturated heterocycles. The van der Waals surface area contributed by atoms with Crippen LogP contribution in [0, 0.1) is 0 Å². The van der Waals surface area contributed by atoms with Crippen LogP contribution in [-0.2, 0) is 21.2 Å². The second kappa shape index (κ2) is 10.6. The largest absolute Gasteiger partial charge is 0.492 e. The fourth-order valence-corrected chi connectivity index (χ4v) is 4.97. The fourth-order valence-electron chi connectivity index (χ4n) is 3.67. The van der Waals surface area contributed by atoms with Gasteiger partial charge in [-0.3, -0.25) is 4.79 Å². The Kier molecular flexibility index (Phi) is 7.87. The highest BCUT2D eigenvalue weighted by Crippen LogP contribution is 2.24. The van der Waals surface area contributed by atoms with Crippen LogP contribution in [0.5, 0.6) is 5.75 Å². The molecule has 0 aliphatic heterocycles. The SMILES string of the molecule is CCOc1ccccc1NC(=O)CCc1ccc(S(=O)(=O)NC2CCCCC2)cc1. The van der Waals surface area contributed by atoms with Gasteiger partial charge in [0, 0.05) is 12.5 Å². The number of carbonyl (C=O) groups is 1. The lowest BCUT2D eigenvalue weighted by molar-refractivity contribution is -0.116. The number of nitrogens with one attached hydrogen (secondary N) is 2. The van der Waals surface area contributed by atoms with E-state index in [4.69, 9.17) is 4.74 Å². The van der Waals surface area contributed by atoms with Crippen LogP contribution in [0.1, 0.15) is 51.0 Å². The van der Waals surface area contributed by atoms with Gasteiger partial charge < -0.3 is 10.1 Å². The molecule has 1 fully saturated rings. The average Bonchev–Trinajstić information content (AvgIpc) is 2.74. The molecule has 2 N–H and O–H groups in total. The number of amides is 1. The Morgan fingerprint density at radius 1 is 1.03 bits per heavy atom. The van der Waals surface area contributed by atoms with Crippen LogP contribution in [0.25, 0.3) is 0 Å². The van der Waals surface area contributed by atoms with Crippen molar-refractivity contribution < 1.29 is 17.9 Å². The minimum atomic E-state index is -3.50. The molecule has 6 nitrogen and oxygen atoms in total. The maximum absolute atomic E-state index is 12.6. The number of benzene rings is 2. The van der Waals surface area contributed by atoms with Crippen LogP contribution >= 0.6 is 0 Å². The van der Waals surface area contributed by atoms with Crippen molar-refractivity contribution >= 4 is 21.6 Å². The lowest BCUT2D eigenvalue weighted by atomic mass is 9.96. The summed E-state index contributed by atoms with van der Waals surface area (Å²) in [5.74, 6) is 0.534. The second-order valence-electron chi connectivity index (χ2n) is 7.58. The number of hydrogen-bond acceptors (Lipinski definition) is 4. The maximum atomic E-state index is 12.6. The van der Waals surface area contributed by atoms with E-state index in [0.29, 0.717) is 30.9 Å². The zero-order valence-electron chi connectivity index (χ0n) is 17.4. The summed E-state index contributed by atoms with van der Waals surface area (Å²) in [6, 6.07) is 14.1. The van der Waals surface area contributed by atoms with Crippen molar-refractivity contribution in [3.05, 3.63) is 54.1 Å². The topological polar surface area (TPSA) is 84.5 Å². The first-order chi connectivity index (χ1) is 14.5. The Bertz CT molecular complexity index is 936. The first kappa shape index (κ1) is 22.3. The highest BCUT2D eigenvalue weighted by Gasteiger charge is 2.21. The van der Waals surface area contributed by atoms with Crippen molar-refractivity contribution in [1.29, 1.82) is 0 Å². The number of para-hydroxylation sites is 2. The van der Waals surface area contributed by atoms with Crippen molar-refractivity contribution in [3.8, 4) is 5.75 Å². The molecule has 1 aliphatic rings. The molecule has 1 aliphatic carbocycles. The number of hydrogen-bond donors (Lipinski definition) is 2. The lowest BCUT2D eigenvalue weighted by Gasteiger charge is -2.22. The molecular weight excluding hydrogens is 400 g/mol. The predicted molar refractivity (Wildman–Crippen MR) is 118 cm³/mol. The van der Waals surface area contributed by atoms with E-state index in [0.717, 1.165) is 31.2 Å². The van der Waals surface area contributed by atoms with Crippen molar-refractivity contribution in [3.63, 3.8) is 0 Å². The van der Waals surface area contributed by atoms with E-state index in [-0.39, 0.29) is 16.8 Å². The van der Waals surface area contributed by atoms with Gasteiger partial charge in [-0.2, -0.15) is 0 Å². The normalized spacial score (nSPS) is 15.0. The third-order valence-electron chi connectivity index (χ3n) is 5.26. The zero-order valence-corrected chi connectivity index (χ0v) is 18.2. The third kappa shape index (κ3) is 6.31. The molecule has 0 heterocycles. The smallest absolute Gasteiger partial charge is 0.240 e. The number of ether oxygens (including phenoxy) is 1. The highest BCUT2D eigenvalue weighted by atomic mass is 32.2. The molecule has 2 aromatic rings. The van der Waals surface area contributed by atoms with Crippen molar-refractivity contribution in [1.82, 2.24) is 4.72 Å². The van der Waals surface area contributed by atoms with Gasteiger partial charge in [0.2, 0.25) is 15.9 Å². The molecule has 2 aromatic carbocycles.